The van der Waals surface area contributed by atoms with Gasteiger partial charge in [0.2, 0.25) is 5.91 Å². The van der Waals surface area contributed by atoms with E-state index in [9.17, 15) is 14.4 Å². The standard InChI is InChI=1S/C23H23N3O4S2/c1-2-30-20(28)11-8-14-6-9-15(10-7-14)24-19(27)13-31-12-18-25-22(29)21-16-4-3-5-17(16)32-23(21)26-18/h6-11H,2-5,12-13H2,1H3,(H,24,27)(H,25,26,29)/b11-8+. The second-order valence-corrected chi connectivity index (χ2v) is 9.37. The number of nitrogens with zero attached hydrogens (tertiary/aromatic N) is 1. The smallest absolute Gasteiger partial charge is 0.330 e. The molecule has 0 saturated carbocycles. The molecule has 2 N–H and O–H groups in total. The molecule has 7 nitrogen and oxygen atoms in total. The molecule has 0 atom stereocenters. The van der Waals surface area contributed by atoms with Crippen LogP contribution in [0.3, 0.4) is 0 Å². The van der Waals surface area contributed by atoms with Crippen LogP contribution in [0, 0.1) is 0 Å². The minimum absolute atomic E-state index is 0.0773. The number of carbonyl (C=O) groups is 2. The number of rotatable bonds is 8. The van der Waals surface area contributed by atoms with Gasteiger partial charge in [-0.1, -0.05) is 12.1 Å². The molecule has 166 valence electrons. The summed E-state index contributed by atoms with van der Waals surface area (Å²) >= 11 is 3.01. The molecule has 4 rings (SSSR count). The molecule has 0 fully saturated rings. The average Bonchev–Trinajstić information content (AvgIpc) is 3.34. The van der Waals surface area contributed by atoms with E-state index >= 15 is 0 Å². The number of hydrogen-bond donors (Lipinski definition) is 2. The normalized spacial score (nSPS) is 12.9. The Morgan fingerprint density at radius 3 is 2.88 bits per heavy atom. The van der Waals surface area contributed by atoms with Crippen LogP contribution in [0.5, 0.6) is 0 Å². The molecule has 0 radical (unpaired) electrons. The van der Waals surface area contributed by atoms with Gasteiger partial charge in [0.25, 0.3) is 5.56 Å². The second kappa shape index (κ2) is 10.1. The first-order valence-corrected chi connectivity index (χ1v) is 12.4. The van der Waals surface area contributed by atoms with Crippen LogP contribution in [0.15, 0.2) is 35.1 Å². The summed E-state index contributed by atoms with van der Waals surface area (Å²) in [6.45, 7) is 2.09. The zero-order chi connectivity index (χ0) is 22.5. The summed E-state index contributed by atoms with van der Waals surface area (Å²) in [5, 5.41) is 3.59. The SMILES string of the molecule is CCOC(=O)/C=C/c1ccc(NC(=O)CSCc2nc3sc4c(c3c(=O)[nH]2)CCC4)cc1. The summed E-state index contributed by atoms with van der Waals surface area (Å²) in [4.78, 5) is 45.7. The van der Waals surface area contributed by atoms with Crippen molar-refractivity contribution in [2.45, 2.75) is 31.9 Å². The number of H-pyrrole nitrogens is 1. The molecule has 32 heavy (non-hydrogen) atoms. The van der Waals surface area contributed by atoms with Crippen molar-refractivity contribution in [3.8, 4) is 0 Å². The molecule has 0 spiro atoms. The first-order chi connectivity index (χ1) is 15.5. The largest absolute Gasteiger partial charge is 0.463 e. The van der Waals surface area contributed by atoms with Crippen LogP contribution >= 0.6 is 23.1 Å². The number of hydrogen-bond acceptors (Lipinski definition) is 7. The second-order valence-electron chi connectivity index (χ2n) is 7.30. The number of anilines is 1. The molecule has 1 aromatic carbocycles. The Labute approximate surface area is 193 Å². The van der Waals surface area contributed by atoms with Crippen LogP contribution in [-0.2, 0) is 32.9 Å². The van der Waals surface area contributed by atoms with Crippen LogP contribution in [0.4, 0.5) is 5.69 Å². The van der Waals surface area contributed by atoms with E-state index in [1.165, 1.54) is 28.3 Å². The quantitative estimate of drug-likeness (QED) is 0.383. The van der Waals surface area contributed by atoms with Crippen molar-refractivity contribution in [2.24, 2.45) is 0 Å². The van der Waals surface area contributed by atoms with E-state index < -0.39 is 0 Å². The number of thiophene rings is 1. The van der Waals surface area contributed by atoms with Crippen LogP contribution in [-0.4, -0.2) is 34.2 Å². The zero-order valence-corrected chi connectivity index (χ0v) is 19.2. The minimum atomic E-state index is -0.389. The average molecular weight is 470 g/mol. The van der Waals surface area contributed by atoms with E-state index in [1.807, 2.05) is 0 Å². The molecule has 1 aliphatic carbocycles. The molecule has 0 unspecified atom stereocenters. The number of aromatic nitrogens is 2. The fourth-order valence-electron chi connectivity index (χ4n) is 3.58. The van der Waals surface area contributed by atoms with Crippen LogP contribution < -0.4 is 10.9 Å². The monoisotopic (exact) mass is 469 g/mol. The van der Waals surface area contributed by atoms with Crippen LogP contribution in [0.1, 0.15) is 35.2 Å². The fraction of sp³-hybridized carbons (Fsp3) is 0.304. The van der Waals surface area contributed by atoms with Crippen molar-refractivity contribution < 1.29 is 14.3 Å². The Morgan fingerprint density at radius 1 is 1.28 bits per heavy atom. The Morgan fingerprint density at radius 2 is 2.09 bits per heavy atom. The third-order valence-electron chi connectivity index (χ3n) is 4.99. The summed E-state index contributed by atoms with van der Waals surface area (Å²) in [6, 6.07) is 7.16. The molecule has 0 bridgehead atoms. The van der Waals surface area contributed by atoms with Crippen molar-refractivity contribution in [2.75, 3.05) is 17.7 Å². The number of ether oxygens (including phenoxy) is 1. The first kappa shape index (κ1) is 22.3. The maximum Gasteiger partial charge on any atom is 0.330 e. The van der Waals surface area contributed by atoms with Gasteiger partial charge in [-0.3, -0.25) is 9.59 Å². The molecule has 1 aliphatic rings. The number of aromatic amines is 1. The van der Waals surface area contributed by atoms with Crippen LogP contribution in [0.25, 0.3) is 16.3 Å². The number of nitrogens with one attached hydrogen (secondary N) is 2. The van der Waals surface area contributed by atoms with Gasteiger partial charge in [-0.2, -0.15) is 0 Å². The van der Waals surface area contributed by atoms with Gasteiger partial charge >= 0.3 is 5.97 Å². The summed E-state index contributed by atoms with van der Waals surface area (Å²) in [5.41, 5.74) is 2.59. The number of fused-ring (bicyclic) bond motifs is 3. The zero-order valence-electron chi connectivity index (χ0n) is 17.6. The number of esters is 1. The number of amides is 1. The van der Waals surface area contributed by atoms with Gasteiger partial charge < -0.3 is 15.0 Å². The number of aryl methyl sites for hydroxylation is 2. The summed E-state index contributed by atoms with van der Waals surface area (Å²) < 4.78 is 4.84. The molecular weight excluding hydrogens is 446 g/mol. The topological polar surface area (TPSA) is 101 Å². The predicted octanol–water partition coefficient (Wildman–Crippen LogP) is 3.92. The van der Waals surface area contributed by atoms with E-state index in [0.717, 1.165) is 35.0 Å². The highest BCUT2D eigenvalue weighted by Crippen LogP contribution is 2.34. The van der Waals surface area contributed by atoms with E-state index in [4.69, 9.17) is 4.74 Å². The summed E-state index contributed by atoms with van der Waals surface area (Å²) in [7, 11) is 0. The van der Waals surface area contributed by atoms with Crippen LogP contribution in [0.2, 0.25) is 0 Å². The van der Waals surface area contributed by atoms with Crippen molar-refractivity contribution >= 4 is 57.0 Å². The minimum Gasteiger partial charge on any atom is -0.463 e. The Hall–Kier alpha value is -2.91. The van der Waals surface area contributed by atoms with E-state index in [-0.39, 0.29) is 23.2 Å². The van der Waals surface area contributed by atoms with Gasteiger partial charge in [-0.15, -0.1) is 23.1 Å². The third-order valence-corrected chi connectivity index (χ3v) is 7.12. The molecule has 0 aliphatic heterocycles. The summed E-state index contributed by atoms with van der Waals surface area (Å²) in [6.07, 6.45) is 6.12. The van der Waals surface area contributed by atoms with Gasteiger partial charge in [0.15, 0.2) is 0 Å². The first-order valence-electron chi connectivity index (χ1n) is 10.4. The molecule has 1 amide bonds. The highest BCUT2D eigenvalue weighted by molar-refractivity contribution is 7.99. The Bertz CT molecular complexity index is 1230. The molecule has 3 aromatic rings. The highest BCUT2D eigenvalue weighted by Gasteiger charge is 2.21. The van der Waals surface area contributed by atoms with Crippen molar-refractivity contribution in [1.29, 1.82) is 0 Å². The van der Waals surface area contributed by atoms with E-state index in [2.05, 4.69) is 15.3 Å². The van der Waals surface area contributed by atoms with Gasteiger partial charge in [0.05, 0.1) is 23.5 Å². The van der Waals surface area contributed by atoms with Gasteiger partial charge in [-0.25, -0.2) is 9.78 Å². The van der Waals surface area contributed by atoms with Gasteiger partial charge in [-0.05, 0) is 55.5 Å². The van der Waals surface area contributed by atoms with Crippen molar-refractivity contribution in [3.63, 3.8) is 0 Å². The lowest BCUT2D eigenvalue weighted by molar-refractivity contribution is -0.137. The lowest BCUT2D eigenvalue weighted by atomic mass is 10.2. The highest BCUT2D eigenvalue weighted by atomic mass is 32.2. The predicted molar refractivity (Wildman–Crippen MR) is 129 cm³/mol. The number of benzene rings is 1. The van der Waals surface area contributed by atoms with Gasteiger partial charge in [0, 0.05) is 16.6 Å². The summed E-state index contributed by atoms with van der Waals surface area (Å²) in [5.74, 6) is 0.771. The Kier molecular flexibility index (Phi) is 7.06. The van der Waals surface area contributed by atoms with Crippen molar-refractivity contribution in [1.82, 2.24) is 9.97 Å². The van der Waals surface area contributed by atoms with E-state index in [0.29, 0.717) is 23.9 Å². The molecule has 2 heterocycles. The molecule has 0 saturated heterocycles. The molecular formula is C23H23N3O4S2. The van der Waals surface area contributed by atoms with Crippen molar-refractivity contribution in [3.05, 3.63) is 62.5 Å². The number of thioether (sulfide) groups is 1. The Balaban J connectivity index is 1.28. The number of carbonyl (C=O) groups excluding carboxylic acids is 2. The van der Waals surface area contributed by atoms with Gasteiger partial charge in [0.1, 0.15) is 10.7 Å². The van der Waals surface area contributed by atoms with E-state index in [1.54, 1.807) is 48.6 Å². The lowest BCUT2D eigenvalue weighted by Crippen LogP contribution is -2.15. The maximum atomic E-state index is 12.5. The maximum absolute atomic E-state index is 12.5. The molecule has 2 aromatic heterocycles. The fourth-order valence-corrected chi connectivity index (χ4v) is 5.56. The molecule has 9 heteroatoms. The lowest BCUT2D eigenvalue weighted by Gasteiger charge is -2.06. The third kappa shape index (κ3) is 5.28.